The molecule has 1 N–H and O–H groups in total. The zero-order valence-corrected chi connectivity index (χ0v) is 16.4. The summed E-state index contributed by atoms with van der Waals surface area (Å²) in [5, 5.41) is 0.372. The van der Waals surface area contributed by atoms with Gasteiger partial charge in [0.25, 0.3) is 10.0 Å². The van der Waals surface area contributed by atoms with Gasteiger partial charge in [0.05, 0.1) is 11.0 Å². The van der Waals surface area contributed by atoms with E-state index in [4.69, 9.17) is 16.3 Å². The molecule has 0 unspecified atom stereocenters. The standard InChI is InChI=1S/C16H21ClN4O4S/c1-16(2,3)25-15(22)20-6-8-21(9-7-20)26(23,24)14-18-12-5-4-11(17)10-13(12)19-14/h4-5,10H,6-9H2,1-3H3,(H,18,19). The third-order valence-electron chi connectivity index (χ3n) is 3.90. The molecule has 0 saturated carbocycles. The Bertz CT molecular complexity index is 927. The van der Waals surface area contributed by atoms with Gasteiger partial charge >= 0.3 is 6.09 Å². The molecule has 10 heteroatoms. The normalized spacial score (nSPS) is 16.8. The van der Waals surface area contributed by atoms with E-state index in [1.165, 1.54) is 9.21 Å². The first kappa shape index (κ1) is 18.9. The van der Waals surface area contributed by atoms with Crippen LogP contribution >= 0.6 is 11.6 Å². The molecular formula is C16H21ClN4O4S. The van der Waals surface area contributed by atoms with E-state index in [2.05, 4.69) is 9.97 Å². The first-order valence-electron chi connectivity index (χ1n) is 8.20. The molecule has 0 radical (unpaired) electrons. The molecule has 2 aromatic rings. The Balaban J connectivity index is 1.72. The lowest BCUT2D eigenvalue weighted by molar-refractivity contribution is 0.0192. The third kappa shape index (κ3) is 3.94. The minimum absolute atomic E-state index is 0.125. The zero-order valence-electron chi connectivity index (χ0n) is 14.8. The number of sulfonamides is 1. The maximum atomic E-state index is 12.8. The largest absolute Gasteiger partial charge is 0.444 e. The summed E-state index contributed by atoms with van der Waals surface area (Å²) in [5.41, 5.74) is 0.499. The van der Waals surface area contributed by atoms with Crippen LogP contribution in [0.2, 0.25) is 5.02 Å². The predicted molar refractivity (Wildman–Crippen MR) is 97.7 cm³/mol. The predicted octanol–water partition coefficient (Wildman–Crippen LogP) is 2.46. The zero-order chi connectivity index (χ0) is 19.1. The summed E-state index contributed by atoms with van der Waals surface area (Å²) >= 11 is 5.93. The molecule has 1 fully saturated rings. The van der Waals surface area contributed by atoms with Gasteiger partial charge in [-0.3, -0.25) is 0 Å². The van der Waals surface area contributed by atoms with E-state index >= 15 is 0 Å². The number of carbonyl (C=O) groups is 1. The number of piperazine rings is 1. The fourth-order valence-electron chi connectivity index (χ4n) is 2.64. The van der Waals surface area contributed by atoms with Crippen LogP contribution in [0.1, 0.15) is 20.8 Å². The lowest BCUT2D eigenvalue weighted by Gasteiger charge is -2.34. The fraction of sp³-hybridized carbons (Fsp3) is 0.500. The number of benzene rings is 1. The lowest BCUT2D eigenvalue weighted by atomic mass is 10.2. The number of carbonyl (C=O) groups excluding carboxylic acids is 1. The van der Waals surface area contributed by atoms with Crippen molar-refractivity contribution in [3.05, 3.63) is 23.2 Å². The molecule has 1 aliphatic heterocycles. The number of amides is 1. The van der Waals surface area contributed by atoms with E-state index in [1.54, 1.807) is 39.0 Å². The maximum absolute atomic E-state index is 12.8. The Morgan fingerprint density at radius 2 is 1.88 bits per heavy atom. The molecule has 0 atom stereocenters. The number of H-pyrrole nitrogens is 1. The van der Waals surface area contributed by atoms with Crippen LogP contribution < -0.4 is 0 Å². The molecule has 1 aliphatic rings. The topological polar surface area (TPSA) is 95.6 Å². The minimum Gasteiger partial charge on any atom is -0.444 e. The van der Waals surface area contributed by atoms with Crippen LogP contribution in [0.25, 0.3) is 11.0 Å². The van der Waals surface area contributed by atoms with Crippen molar-refractivity contribution in [2.75, 3.05) is 26.2 Å². The van der Waals surface area contributed by atoms with Crippen molar-refractivity contribution in [2.24, 2.45) is 0 Å². The highest BCUT2D eigenvalue weighted by Crippen LogP contribution is 2.22. The summed E-state index contributed by atoms with van der Waals surface area (Å²) in [6, 6.07) is 4.94. The molecule has 0 bridgehead atoms. The number of aromatic amines is 1. The van der Waals surface area contributed by atoms with Gasteiger partial charge in [0.2, 0.25) is 5.16 Å². The molecule has 26 heavy (non-hydrogen) atoms. The summed E-state index contributed by atoms with van der Waals surface area (Å²) in [7, 11) is -3.78. The molecule has 0 spiro atoms. The van der Waals surface area contributed by atoms with Crippen LogP contribution in [0.4, 0.5) is 4.79 Å². The van der Waals surface area contributed by atoms with Gasteiger partial charge in [0, 0.05) is 31.2 Å². The number of aromatic nitrogens is 2. The molecule has 8 nitrogen and oxygen atoms in total. The summed E-state index contributed by atoms with van der Waals surface area (Å²) in [6.45, 7) is 6.26. The number of imidazole rings is 1. The summed E-state index contributed by atoms with van der Waals surface area (Å²) < 4.78 is 32.3. The average molecular weight is 401 g/mol. The van der Waals surface area contributed by atoms with Crippen molar-refractivity contribution in [1.29, 1.82) is 0 Å². The van der Waals surface area contributed by atoms with E-state index < -0.39 is 21.7 Å². The van der Waals surface area contributed by atoms with Gasteiger partial charge in [-0.2, -0.15) is 4.31 Å². The first-order valence-corrected chi connectivity index (χ1v) is 10.0. The van der Waals surface area contributed by atoms with Gasteiger partial charge in [-0.15, -0.1) is 0 Å². The van der Waals surface area contributed by atoms with Crippen LogP contribution in [-0.2, 0) is 14.8 Å². The number of hydrogen-bond acceptors (Lipinski definition) is 5. The molecule has 3 rings (SSSR count). The monoisotopic (exact) mass is 400 g/mol. The minimum atomic E-state index is -3.78. The highest BCUT2D eigenvalue weighted by molar-refractivity contribution is 7.89. The van der Waals surface area contributed by atoms with Crippen molar-refractivity contribution in [1.82, 2.24) is 19.2 Å². The number of rotatable bonds is 2. The van der Waals surface area contributed by atoms with Crippen molar-refractivity contribution in [2.45, 2.75) is 31.5 Å². The van der Waals surface area contributed by atoms with Gasteiger partial charge < -0.3 is 14.6 Å². The van der Waals surface area contributed by atoms with Crippen molar-refractivity contribution < 1.29 is 17.9 Å². The van der Waals surface area contributed by atoms with Crippen LogP contribution in [0.3, 0.4) is 0 Å². The summed E-state index contributed by atoms with van der Waals surface area (Å²) in [5.74, 6) is 0. The molecule has 1 amide bonds. The number of halogens is 1. The highest BCUT2D eigenvalue weighted by Gasteiger charge is 2.33. The van der Waals surface area contributed by atoms with Crippen LogP contribution in [-0.4, -0.2) is 65.5 Å². The van der Waals surface area contributed by atoms with Gasteiger partial charge in [-0.1, -0.05) is 11.6 Å². The Morgan fingerprint density at radius 1 is 1.23 bits per heavy atom. The van der Waals surface area contributed by atoms with Crippen LogP contribution in [0, 0.1) is 0 Å². The quantitative estimate of drug-likeness (QED) is 0.835. The number of fused-ring (bicyclic) bond motifs is 1. The van der Waals surface area contributed by atoms with E-state index in [-0.39, 0.29) is 31.3 Å². The Hall–Kier alpha value is -1.84. The number of nitrogens with zero attached hydrogens (tertiary/aromatic N) is 3. The molecule has 1 saturated heterocycles. The molecule has 1 aromatic heterocycles. The SMILES string of the molecule is CC(C)(C)OC(=O)N1CCN(S(=O)(=O)c2nc3ccc(Cl)cc3[nH]2)CC1. The Labute approximate surface area is 157 Å². The van der Waals surface area contributed by atoms with Crippen LogP contribution in [0.5, 0.6) is 0 Å². The summed E-state index contributed by atoms with van der Waals surface area (Å²) in [6.07, 6.45) is -0.437. The lowest BCUT2D eigenvalue weighted by Crippen LogP contribution is -2.51. The molecule has 142 valence electrons. The van der Waals surface area contributed by atoms with Gasteiger partial charge in [0.15, 0.2) is 0 Å². The first-order chi connectivity index (χ1) is 12.1. The van der Waals surface area contributed by atoms with E-state index in [1.807, 2.05) is 0 Å². The Kier molecular flexibility index (Phi) is 4.89. The number of nitrogens with one attached hydrogen (secondary N) is 1. The van der Waals surface area contributed by atoms with E-state index in [0.29, 0.717) is 16.1 Å². The van der Waals surface area contributed by atoms with E-state index in [0.717, 1.165) is 0 Å². The van der Waals surface area contributed by atoms with Gasteiger partial charge in [0.1, 0.15) is 5.60 Å². The molecule has 2 heterocycles. The smallest absolute Gasteiger partial charge is 0.410 e. The van der Waals surface area contributed by atoms with E-state index in [9.17, 15) is 13.2 Å². The van der Waals surface area contributed by atoms with Gasteiger partial charge in [-0.05, 0) is 39.0 Å². The van der Waals surface area contributed by atoms with Crippen molar-refractivity contribution >= 4 is 38.8 Å². The number of hydrogen-bond donors (Lipinski definition) is 1. The Morgan fingerprint density at radius 3 is 2.50 bits per heavy atom. The highest BCUT2D eigenvalue weighted by atomic mass is 35.5. The fourth-order valence-corrected chi connectivity index (χ4v) is 4.15. The van der Waals surface area contributed by atoms with Crippen molar-refractivity contribution in [3.63, 3.8) is 0 Å². The second-order valence-corrected chi connectivity index (χ2v) is 9.36. The average Bonchev–Trinajstić information content (AvgIpc) is 2.97. The second kappa shape index (κ2) is 6.71. The maximum Gasteiger partial charge on any atom is 0.410 e. The molecular weight excluding hydrogens is 380 g/mol. The summed E-state index contributed by atoms with van der Waals surface area (Å²) in [4.78, 5) is 20.6. The van der Waals surface area contributed by atoms with Crippen LogP contribution in [0.15, 0.2) is 23.4 Å². The van der Waals surface area contributed by atoms with Crippen molar-refractivity contribution in [3.8, 4) is 0 Å². The molecule has 0 aliphatic carbocycles. The second-order valence-electron chi connectivity index (χ2n) is 7.07. The van der Waals surface area contributed by atoms with Gasteiger partial charge in [-0.25, -0.2) is 18.2 Å². The third-order valence-corrected chi connectivity index (χ3v) is 5.86. The number of ether oxygens (including phenoxy) is 1. The molecule has 1 aromatic carbocycles.